The number of hydrogen-bond acceptors (Lipinski definition) is 7. The lowest BCUT2D eigenvalue weighted by molar-refractivity contribution is 0.847. The molecular weight excluding hydrogens is 358 g/mol. The first-order valence-electron chi connectivity index (χ1n) is 8.48. The normalized spacial score (nSPS) is 11.1. The molecule has 27 heavy (non-hydrogen) atoms. The van der Waals surface area contributed by atoms with Crippen molar-refractivity contribution in [1.82, 2.24) is 14.9 Å². The summed E-state index contributed by atoms with van der Waals surface area (Å²) in [5.41, 5.74) is 7.40. The molecule has 8 heteroatoms. The molecule has 0 amide bonds. The van der Waals surface area contributed by atoms with Gasteiger partial charge in [0.2, 0.25) is 5.16 Å². The van der Waals surface area contributed by atoms with E-state index >= 15 is 0 Å². The third kappa shape index (κ3) is 5.01. The largest absolute Gasteiger partial charge is 0.378 e. The fourth-order valence-electron chi connectivity index (χ4n) is 2.42. The van der Waals surface area contributed by atoms with Crippen molar-refractivity contribution < 1.29 is 0 Å². The highest BCUT2D eigenvalue weighted by Gasteiger charge is 2.09. The lowest BCUT2D eigenvalue weighted by atomic mass is 10.2. The zero-order chi connectivity index (χ0) is 19.2. The van der Waals surface area contributed by atoms with Crippen molar-refractivity contribution in [3.05, 3.63) is 65.2 Å². The monoisotopic (exact) mass is 381 g/mol. The highest BCUT2D eigenvalue weighted by atomic mass is 32.2. The third-order valence-electron chi connectivity index (χ3n) is 3.90. The first-order chi connectivity index (χ1) is 13.0. The molecule has 0 aliphatic rings. The number of rotatable bonds is 7. The summed E-state index contributed by atoms with van der Waals surface area (Å²) >= 11 is 1.53. The van der Waals surface area contributed by atoms with E-state index in [-0.39, 0.29) is 0 Å². The number of benzene rings is 2. The van der Waals surface area contributed by atoms with Crippen molar-refractivity contribution in [1.29, 1.82) is 0 Å². The van der Waals surface area contributed by atoms with Crippen LogP contribution in [0.4, 0.5) is 11.6 Å². The van der Waals surface area contributed by atoms with Crippen LogP contribution in [0.25, 0.3) is 0 Å². The lowest BCUT2D eigenvalue weighted by Crippen LogP contribution is -2.13. The van der Waals surface area contributed by atoms with Crippen LogP contribution >= 0.6 is 11.8 Å². The number of nitrogens with zero attached hydrogens (tertiary/aromatic N) is 5. The van der Waals surface area contributed by atoms with Crippen molar-refractivity contribution in [2.45, 2.75) is 17.8 Å². The first-order valence-corrected chi connectivity index (χ1v) is 9.47. The van der Waals surface area contributed by atoms with Gasteiger partial charge in [0.25, 0.3) is 5.95 Å². The number of aryl methyl sites for hydroxylation is 1. The molecule has 0 atom stereocenters. The van der Waals surface area contributed by atoms with Crippen molar-refractivity contribution >= 4 is 29.6 Å². The molecule has 140 valence electrons. The summed E-state index contributed by atoms with van der Waals surface area (Å²) in [6.45, 7) is 2.08. The van der Waals surface area contributed by atoms with Gasteiger partial charge < -0.3 is 10.7 Å². The van der Waals surface area contributed by atoms with Crippen LogP contribution in [0.1, 0.15) is 16.7 Å². The number of hydrogen-bond donors (Lipinski definition) is 2. The summed E-state index contributed by atoms with van der Waals surface area (Å²) < 4.78 is 1.41. The Morgan fingerprint density at radius 1 is 1.19 bits per heavy atom. The predicted molar refractivity (Wildman–Crippen MR) is 113 cm³/mol. The Balaban J connectivity index is 1.58. The standard InChI is InChI=1S/C19H23N7S/c1-14-5-4-6-16(11-14)13-27-19-24-23-18(26(19)20)22-21-12-15-7-9-17(10-8-15)25(2)3/h4-12H,13,20H2,1-3H3,(H,22,23)/b21-12+. The van der Waals surface area contributed by atoms with Crippen molar-refractivity contribution in [3.63, 3.8) is 0 Å². The zero-order valence-corrected chi connectivity index (χ0v) is 16.4. The average molecular weight is 382 g/mol. The number of hydrazone groups is 1. The highest BCUT2D eigenvalue weighted by Crippen LogP contribution is 2.22. The number of nitrogen functional groups attached to an aromatic ring is 1. The predicted octanol–water partition coefficient (Wildman–Crippen LogP) is 3.10. The Hall–Kier alpha value is -3.00. The van der Waals surface area contributed by atoms with Gasteiger partial charge in [-0.3, -0.25) is 0 Å². The van der Waals surface area contributed by atoms with Crippen LogP contribution < -0.4 is 16.2 Å². The second-order valence-electron chi connectivity index (χ2n) is 6.31. The molecule has 0 fully saturated rings. The van der Waals surface area contributed by atoms with Crippen LogP contribution in [0.2, 0.25) is 0 Å². The van der Waals surface area contributed by atoms with E-state index in [0.717, 1.165) is 17.0 Å². The molecular formula is C19H23N7S. The maximum atomic E-state index is 6.06. The van der Waals surface area contributed by atoms with Gasteiger partial charge in [0.1, 0.15) is 0 Å². The molecule has 0 bridgehead atoms. The lowest BCUT2D eigenvalue weighted by Gasteiger charge is -2.11. The number of nitrogens with one attached hydrogen (secondary N) is 1. The molecule has 0 aliphatic carbocycles. The fraction of sp³-hybridized carbons (Fsp3) is 0.211. The van der Waals surface area contributed by atoms with Gasteiger partial charge in [-0.2, -0.15) is 5.10 Å². The zero-order valence-electron chi connectivity index (χ0n) is 15.6. The maximum Gasteiger partial charge on any atom is 0.264 e. The molecule has 0 aliphatic heterocycles. The van der Waals surface area contributed by atoms with Gasteiger partial charge in [-0.05, 0) is 30.2 Å². The van der Waals surface area contributed by atoms with Crippen LogP contribution in [0, 0.1) is 6.92 Å². The quantitative estimate of drug-likeness (QED) is 0.283. The fourth-order valence-corrected chi connectivity index (χ4v) is 3.22. The Morgan fingerprint density at radius 3 is 2.67 bits per heavy atom. The van der Waals surface area contributed by atoms with Gasteiger partial charge in [0.15, 0.2) is 0 Å². The Labute approximate surface area is 163 Å². The molecule has 0 saturated carbocycles. The van der Waals surface area contributed by atoms with Crippen LogP contribution in [-0.2, 0) is 5.75 Å². The van der Waals surface area contributed by atoms with Crippen LogP contribution in [0.15, 0.2) is 58.8 Å². The van der Waals surface area contributed by atoms with Crippen molar-refractivity contribution in [3.8, 4) is 0 Å². The van der Waals surface area contributed by atoms with E-state index in [2.05, 4.69) is 45.8 Å². The molecule has 3 aromatic rings. The van der Waals surface area contributed by atoms with E-state index in [4.69, 9.17) is 5.84 Å². The van der Waals surface area contributed by atoms with Gasteiger partial charge in [-0.1, -0.05) is 53.7 Å². The summed E-state index contributed by atoms with van der Waals surface area (Å²) in [6.07, 6.45) is 1.72. The second-order valence-corrected chi connectivity index (χ2v) is 7.25. The minimum atomic E-state index is 0.392. The second kappa shape index (κ2) is 8.59. The first kappa shape index (κ1) is 18.8. The molecule has 0 unspecified atom stereocenters. The van der Waals surface area contributed by atoms with E-state index in [0.29, 0.717) is 11.1 Å². The van der Waals surface area contributed by atoms with E-state index in [1.165, 1.54) is 27.6 Å². The van der Waals surface area contributed by atoms with E-state index < -0.39 is 0 Å². The Morgan fingerprint density at radius 2 is 1.96 bits per heavy atom. The molecule has 0 radical (unpaired) electrons. The summed E-state index contributed by atoms with van der Waals surface area (Å²) in [5.74, 6) is 7.23. The van der Waals surface area contributed by atoms with Crippen LogP contribution in [-0.4, -0.2) is 35.2 Å². The number of thioether (sulfide) groups is 1. The van der Waals surface area contributed by atoms with E-state index in [1.807, 2.05) is 49.3 Å². The summed E-state index contributed by atoms with van der Waals surface area (Å²) in [7, 11) is 4.01. The molecule has 3 rings (SSSR count). The number of aromatic nitrogens is 3. The molecule has 1 heterocycles. The number of nitrogens with two attached hydrogens (primary N) is 1. The summed E-state index contributed by atoms with van der Waals surface area (Å²) in [6, 6.07) is 16.4. The van der Waals surface area contributed by atoms with Crippen molar-refractivity contribution in [2.75, 3.05) is 30.3 Å². The minimum absolute atomic E-state index is 0.392. The van der Waals surface area contributed by atoms with Crippen molar-refractivity contribution in [2.24, 2.45) is 5.10 Å². The van der Waals surface area contributed by atoms with Gasteiger partial charge >= 0.3 is 0 Å². The van der Waals surface area contributed by atoms with E-state index in [1.54, 1.807) is 6.21 Å². The van der Waals surface area contributed by atoms with Gasteiger partial charge in [-0.25, -0.2) is 10.1 Å². The highest BCUT2D eigenvalue weighted by molar-refractivity contribution is 7.98. The molecule has 0 saturated heterocycles. The molecule has 1 aromatic heterocycles. The van der Waals surface area contributed by atoms with Gasteiger partial charge in [0, 0.05) is 25.5 Å². The molecule has 3 N–H and O–H groups in total. The third-order valence-corrected chi connectivity index (χ3v) is 4.92. The molecule has 7 nitrogen and oxygen atoms in total. The SMILES string of the molecule is Cc1cccc(CSc2nnc(N/N=C/c3ccc(N(C)C)cc3)n2N)c1. The van der Waals surface area contributed by atoms with Crippen LogP contribution in [0.3, 0.4) is 0 Å². The van der Waals surface area contributed by atoms with Gasteiger partial charge in [-0.15, -0.1) is 10.2 Å². The Bertz CT molecular complexity index is 916. The van der Waals surface area contributed by atoms with Crippen LogP contribution in [0.5, 0.6) is 0 Å². The minimum Gasteiger partial charge on any atom is -0.378 e. The smallest absolute Gasteiger partial charge is 0.264 e. The summed E-state index contributed by atoms with van der Waals surface area (Å²) in [4.78, 5) is 2.05. The summed E-state index contributed by atoms with van der Waals surface area (Å²) in [5, 5.41) is 13.0. The average Bonchev–Trinajstić information content (AvgIpc) is 3.00. The molecule has 0 spiro atoms. The van der Waals surface area contributed by atoms with Gasteiger partial charge in [0.05, 0.1) is 6.21 Å². The topological polar surface area (TPSA) is 84.4 Å². The Kier molecular flexibility index (Phi) is 5.97. The number of anilines is 2. The maximum absolute atomic E-state index is 6.06. The molecule has 2 aromatic carbocycles. The van der Waals surface area contributed by atoms with E-state index in [9.17, 15) is 0 Å².